The fraction of sp³-hybridized carbons (Fsp3) is 0.174. The fourth-order valence-electron chi connectivity index (χ4n) is 3.81. The summed E-state index contributed by atoms with van der Waals surface area (Å²) in [7, 11) is 1.85. The van der Waals surface area contributed by atoms with E-state index in [4.69, 9.17) is 22.1 Å². The van der Waals surface area contributed by atoms with E-state index in [1.165, 1.54) is 0 Å². The number of benzene rings is 2. The van der Waals surface area contributed by atoms with Crippen LogP contribution in [0.15, 0.2) is 54.2 Å². The number of carbonyl (C=O) groups excluding carboxylic acids is 2. The Morgan fingerprint density at radius 1 is 1.19 bits per heavy atom. The smallest absolute Gasteiger partial charge is 0.261 e. The van der Waals surface area contributed by atoms with Crippen LogP contribution in [0.4, 0.5) is 5.69 Å². The molecular formula is C23H21ClN4O3. The minimum absolute atomic E-state index is 0.0221. The summed E-state index contributed by atoms with van der Waals surface area (Å²) in [5.41, 5.74) is 2.69. The van der Waals surface area contributed by atoms with Crippen LogP contribution in [0.5, 0.6) is 0 Å². The average molecular weight is 437 g/mol. The lowest BCUT2D eigenvalue weighted by atomic mass is 9.93. The van der Waals surface area contributed by atoms with Crippen LogP contribution in [0.3, 0.4) is 0 Å². The topological polar surface area (TPSA) is 107 Å². The zero-order valence-corrected chi connectivity index (χ0v) is 17.6. The molecule has 7 nitrogen and oxygen atoms in total. The molecule has 3 aromatic rings. The standard InChI is InChI=1S/C23H21ClN4O3/c1-28-12-16(15-11-13(24)7-8-18(15)28)19-20(23(31)27-22(19)30)21(25)14-5-2-3-6-17(14)26-9-4-10-29/h2-3,5-8,11-12,25-26,29H,4,9-10H2,1H3,(H,27,30,31). The van der Waals surface area contributed by atoms with Gasteiger partial charge in [-0.05, 0) is 30.7 Å². The van der Waals surface area contributed by atoms with Crippen LogP contribution in [0.1, 0.15) is 17.5 Å². The second-order valence-corrected chi connectivity index (χ2v) is 7.71. The first-order valence-electron chi connectivity index (χ1n) is 9.80. The van der Waals surface area contributed by atoms with Crippen molar-refractivity contribution in [3.63, 3.8) is 0 Å². The summed E-state index contributed by atoms with van der Waals surface area (Å²) >= 11 is 6.19. The molecule has 4 rings (SSSR count). The van der Waals surface area contributed by atoms with Crippen LogP contribution >= 0.6 is 11.6 Å². The molecule has 158 valence electrons. The van der Waals surface area contributed by atoms with Crippen molar-refractivity contribution in [3.05, 3.63) is 70.4 Å². The number of rotatable bonds is 7. The van der Waals surface area contributed by atoms with Crippen LogP contribution in [0, 0.1) is 5.41 Å². The van der Waals surface area contributed by atoms with Gasteiger partial charge in [-0.2, -0.15) is 0 Å². The van der Waals surface area contributed by atoms with Crippen molar-refractivity contribution in [2.75, 3.05) is 18.5 Å². The van der Waals surface area contributed by atoms with E-state index >= 15 is 0 Å². The highest BCUT2D eigenvalue weighted by atomic mass is 35.5. The molecule has 8 heteroatoms. The Morgan fingerprint density at radius 3 is 2.74 bits per heavy atom. The third-order valence-corrected chi connectivity index (χ3v) is 5.48. The Morgan fingerprint density at radius 2 is 1.97 bits per heavy atom. The number of aliphatic hydroxyl groups is 1. The molecule has 0 radical (unpaired) electrons. The Bertz CT molecular complexity index is 1260. The van der Waals surface area contributed by atoms with Crippen molar-refractivity contribution in [2.45, 2.75) is 6.42 Å². The third kappa shape index (κ3) is 3.73. The number of imide groups is 1. The molecule has 1 aromatic heterocycles. The van der Waals surface area contributed by atoms with Gasteiger partial charge in [0.1, 0.15) is 0 Å². The number of aliphatic hydroxyl groups excluding tert-OH is 1. The van der Waals surface area contributed by atoms with E-state index in [0.29, 0.717) is 34.8 Å². The molecular weight excluding hydrogens is 416 g/mol. The molecule has 0 atom stereocenters. The summed E-state index contributed by atoms with van der Waals surface area (Å²) in [6.45, 7) is 0.558. The van der Waals surface area contributed by atoms with Crippen LogP contribution in [0.2, 0.25) is 5.02 Å². The van der Waals surface area contributed by atoms with Crippen molar-refractivity contribution >= 4 is 51.3 Å². The summed E-state index contributed by atoms with van der Waals surface area (Å²) < 4.78 is 1.86. The summed E-state index contributed by atoms with van der Waals surface area (Å²) in [4.78, 5) is 25.5. The van der Waals surface area contributed by atoms with Gasteiger partial charge in [0, 0.05) is 59.1 Å². The summed E-state index contributed by atoms with van der Waals surface area (Å²) in [5, 5.41) is 24.6. The monoisotopic (exact) mass is 436 g/mol. The number of aromatic nitrogens is 1. The molecule has 1 aliphatic rings. The molecule has 0 bridgehead atoms. The minimum Gasteiger partial charge on any atom is -0.396 e. The van der Waals surface area contributed by atoms with E-state index in [0.717, 1.165) is 10.9 Å². The van der Waals surface area contributed by atoms with Gasteiger partial charge in [0.15, 0.2) is 0 Å². The van der Waals surface area contributed by atoms with Crippen molar-refractivity contribution in [1.82, 2.24) is 9.88 Å². The average Bonchev–Trinajstić information content (AvgIpc) is 3.22. The minimum atomic E-state index is -0.603. The molecule has 2 amide bonds. The molecule has 0 aliphatic carbocycles. The first-order chi connectivity index (χ1) is 14.9. The maximum Gasteiger partial charge on any atom is 0.261 e. The predicted octanol–water partition coefficient (Wildman–Crippen LogP) is 3.10. The number of nitrogens with zero attached hydrogens (tertiary/aromatic N) is 1. The van der Waals surface area contributed by atoms with Gasteiger partial charge in [-0.25, -0.2) is 0 Å². The Hall–Kier alpha value is -3.42. The van der Waals surface area contributed by atoms with Crippen LogP contribution in [-0.4, -0.2) is 40.4 Å². The Balaban J connectivity index is 1.87. The largest absolute Gasteiger partial charge is 0.396 e. The molecule has 0 spiro atoms. The number of fused-ring (bicyclic) bond motifs is 1. The van der Waals surface area contributed by atoms with E-state index in [-0.39, 0.29) is 23.5 Å². The van der Waals surface area contributed by atoms with E-state index in [1.54, 1.807) is 36.5 Å². The van der Waals surface area contributed by atoms with Gasteiger partial charge in [-0.1, -0.05) is 29.8 Å². The second-order valence-electron chi connectivity index (χ2n) is 7.27. The summed E-state index contributed by atoms with van der Waals surface area (Å²) in [5.74, 6) is -1.14. The maximum absolute atomic E-state index is 12.8. The SMILES string of the molecule is Cn1cc(C2=C(C(=N)c3ccccc3NCCCO)C(=O)NC2=O)c2cc(Cl)ccc21. The predicted molar refractivity (Wildman–Crippen MR) is 121 cm³/mol. The fourth-order valence-corrected chi connectivity index (χ4v) is 3.98. The number of halogens is 1. The maximum atomic E-state index is 12.8. The van der Waals surface area contributed by atoms with Gasteiger partial charge in [0.2, 0.25) is 0 Å². The van der Waals surface area contributed by atoms with E-state index in [2.05, 4.69) is 10.6 Å². The zero-order valence-electron chi connectivity index (χ0n) is 16.8. The molecule has 2 aromatic carbocycles. The van der Waals surface area contributed by atoms with Crippen molar-refractivity contribution in [2.24, 2.45) is 7.05 Å². The first kappa shape index (κ1) is 20.8. The van der Waals surface area contributed by atoms with Gasteiger partial charge in [0.25, 0.3) is 11.8 Å². The normalized spacial score (nSPS) is 13.8. The number of aryl methyl sites for hydroxylation is 1. The lowest BCUT2D eigenvalue weighted by Gasteiger charge is -2.13. The van der Waals surface area contributed by atoms with Crippen LogP contribution < -0.4 is 10.6 Å². The highest BCUT2D eigenvalue weighted by molar-refractivity contribution is 6.48. The van der Waals surface area contributed by atoms with Gasteiger partial charge in [-0.15, -0.1) is 0 Å². The van der Waals surface area contributed by atoms with Gasteiger partial charge in [-0.3, -0.25) is 20.3 Å². The quantitative estimate of drug-likeness (QED) is 0.259. The molecule has 31 heavy (non-hydrogen) atoms. The molecule has 0 fully saturated rings. The number of para-hydroxylation sites is 1. The third-order valence-electron chi connectivity index (χ3n) is 5.25. The first-order valence-corrected chi connectivity index (χ1v) is 10.2. The number of amides is 2. The van der Waals surface area contributed by atoms with Gasteiger partial charge in [0.05, 0.1) is 16.9 Å². The number of anilines is 1. The zero-order chi connectivity index (χ0) is 22.1. The second kappa shape index (κ2) is 8.37. The van der Waals surface area contributed by atoms with E-state index < -0.39 is 11.8 Å². The molecule has 1 aliphatic heterocycles. The van der Waals surface area contributed by atoms with Crippen LogP contribution in [-0.2, 0) is 16.6 Å². The molecule has 0 unspecified atom stereocenters. The highest BCUT2D eigenvalue weighted by Gasteiger charge is 2.36. The summed E-state index contributed by atoms with van der Waals surface area (Å²) in [6.07, 6.45) is 2.32. The van der Waals surface area contributed by atoms with Gasteiger partial charge < -0.3 is 15.0 Å². The van der Waals surface area contributed by atoms with Crippen molar-refractivity contribution in [1.29, 1.82) is 5.41 Å². The summed E-state index contributed by atoms with van der Waals surface area (Å²) in [6, 6.07) is 12.5. The molecule has 4 N–H and O–H groups in total. The van der Waals surface area contributed by atoms with E-state index in [1.807, 2.05) is 23.7 Å². The highest BCUT2D eigenvalue weighted by Crippen LogP contribution is 2.35. The Labute approximate surface area is 183 Å². The lowest BCUT2D eigenvalue weighted by molar-refractivity contribution is -0.123. The van der Waals surface area contributed by atoms with Gasteiger partial charge >= 0.3 is 0 Å². The lowest BCUT2D eigenvalue weighted by Crippen LogP contribution is -2.25. The molecule has 0 saturated carbocycles. The molecule has 0 saturated heterocycles. The van der Waals surface area contributed by atoms with Crippen LogP contribution in [0.25, 0.3) is 16.5 Å². The van der Waals surface area contributed by atoms with Crippen molar-refractivity contribution < 1.29 is 14.7 Å². The number of hydrogen-bond acceptors (Lipinski definition) is 5. The number of nitrogens with one attached hydrogen (secondary N) is 3. The number of carbonyl (C=O) groups is 2. The van der Waals surface area contributed by atoms with E-state index in [9.17, 15) is 9.59 Å². The molecule has 2 heterocycles. The van der Waals surface area contributed by atoms with Crippen molar-refractivity contribution in [3.8, 4) is 0 Å². The Kier molecular flexibility index (Phi) is 5.63. The number of hydrogen-bond donors (Lipinski definition) is 4.